The molecule has 1 unspecified atom stereocenters. The van der Waals surface area contributed by atoms with Crippen molar-refractivity contribution < 1.29 is 23.7 Å². The minimum atomic E-state index is 0.260. The number of hydrogen-bond acceptors (Lipinski definition) is 5. The molecule has 1 atom stereocenters. The van der Waals surface area contributed by atoms with Gasteiger partial charge in [-0.2, -0.15) is 0 Å². The Bertz CT molecular complexity index is 401. The predicted octanol–water partition coefficient (Wildman–Crippen LogP) is 1.63. The smallest absolute Gasteiger partial charge is 0.203 e. The van der Waals surface area contributed by atoms with Gasteiger partial charge in [0.1, 0.15) is 6.10 Å². The van der Waals surface area contributed by atoms with Crippen LogP contribution in [0.5, 0.6) is 17.2 Å². The Kier molecular flexibility index (Phi) is 4.28. The first-order valence-electron chi connectivity index (χ1n) is 5.77. The lowest BCUT2D eigenvalue weighted by atomic mass is 10.2. The van der Waals surface area contributed by atoms with Crippen LogP contribution in [0.15, 0.2) is 12.1 Å². The van der Waals surface area contributed by atoms with Crippen LogP contribution in [0.3, 0.4) is 0 Å². The van der Waals surface area contributed by atoms with Crippen LogP contribution >= 0.6 is 0 Å². The zero-order chi connectivity index (χ0) is 13.0. The van der Waals surface area contributed by atoms with Crippen molar-refractivity contribution in [1.82, 2.24) is 0 Å². The standard InChI is InChI=1S/C13H18O5/c1-14-11-5-4-9(6-17-7-10-8-18-10)12(15-2)13(11)16-3/h4-5,10H,6-8H2,1-3H3. The summed E-state index contributed by atoms with van der Waals surface area (Å²) in [5.41, 5.74) is 0.927. The van der Waals surface area contributed by atoms with E-state index in [1.54, 1.807) is 21.3 Å². The molecule has 1 aromatic rings. The van der Waals surface area contributed by atoms with E-state index in [0.29, 0.717) is 30.5 Å². The molecule has 0 aromatic heterocycles. The number of rotatable bonds is 7. The van der Waals surface area contributed by atoms with Crippen molar-refractivity contribution in [2.45, 2.75) is 12.7 Å². The Morgan fingerprint density at radius 1 is 1.11 bits per heavy atom. The summed E-state index contributed by atoms with van der Waals surface area (Å²) >= 11 is 0. The molecular weight excluding hydrogens is 236 g/mol. The third-order valence-corrected chi connectivity index (χ3v) is 2.75. The van der Waals surface area contributed by atoms with Crippen LogP contribution in [-0.2, 0) is 16.1 Å². The largest absolute Gasteiger partial charge is 0.493 e. The Morgan fingerprint density at radius 3 is 2.39 bits per heavy atom. The topological polar surface area (TPSA) is 49.5 Å². The van der Waals surface area contributed by atoms with Crippen LogP contribution in [0.25, 0.3) is 0 Å². The summed E-state index contributed by atoms with van der Waals surface area (Å²) in [6.07, 6.45) is 0.260. The maximum absolute atomic E-state index is 5.56. The van der Waals surface area contributed by atoms with Crippen LogP contribution < -0.4 is 14.2 Å². The van der Waals surface area contributed by atoms with Gasteiger partial charge in [-0.25, -0.2) is 0 Å². The van der Waals surface area contributed by atoms with Crippen molar-refractivity contribution >= 4 is 0 Å². The molecular formula is C13H18O5. The monoisotopic (exact) mass is 254 g/mol. The van der Waals surface area contributed by atoms with E-state index in [0.717, 1.165) is 12.2 Å². The first kappa shape index (κ1) is 13.0. The van der Waals surface area contributed by atoms with Gasteiger partial charge < -0.3 is 23.7 Å². The van der Waals surface area contributed by atoms with E-state index < -0.39 is 0 Å². The van der Waals surface area contributed by atoms with Crippen molar-refractivity contribution in [2.24, 2.45) is 0 Å². The number of epoxide rings is 1. The molecule has 1 aromatic carbocycles. The van der Waals surface area contributed by atoms with E-state index in [2.05, 4.69) is 0 Å². The minimum absolute atomic E-state index is 0.260. The molecule has 0 radical (unpaired) electrons. The van der Waals surface area contributed by atoms with Crippen molar-refractivity contribution in [3.63, 3.8) is 0 Å². The van der Waals surface area contributed by atoms with Crippen LogP contribution in [0, 0.1) is 0 Å². The average molecular weight is 254 g/mol. The van der Waals surface area contributed by atoms with Crippen LogP contribution in [0.4, 0.5) is 0 Å². The molecule has 0 aliphatic carbocycles. The van der Waals surface area contributed by atoms with Crippen molar-refractivity contribution in [1.29, 1.82) is 0 Å². The van der Waals surface area contributed by atoms with E-state index in [4.69, 9.17) is 23.7 Å². The maximum Gasteiger partial charge on any atom is 0.203 e. The fourth-order valence-corrected chi connectivity index (χ4v) is 1.74. The molecule has 100 valence electrons. The zero-order valence-corrected chi connectivity index (χ0v) is 10.9. The molecule has 5 heteroatoms. The molecule has 1 saturated heterocycles. The number of ether oxygens (including phenoxy) is 5. The van der Waals surface area contributed by atoms with Crippen LogP contribution in [0.2, 0.25) is 0 Å². The van der Waals surface area contributed by atoms with E-state index in [1.165, 1.54) is 0 Å². The predicted molar refractivity (Wildman–Crippen MR) is 65.5 cm³/mol. The molecule has 2 rings (SSSR count). The molecule has 1 aliphatic rings. The SMILES string of the molecule is COc1ccc(COCC2CO2)c(OC)c1OC. The summed E-state index contributed by atoms with van der Waals surface area (Å²) < 4.78 is 26.5. The van der Waals surface area contributed by atoms with Gasteiger partial charge in [0, 0.05) is 5.56 Å². The fraction of sp³-hybridized carbons (Fsp3) is 0.538. The fourth-order valence-electron chi connectivity index (χ4n) is 1.74. The second-order valence-electron chi connectivity index (χ2n) is 3.96. The van der Waals surface area contributed by atoms with Crippen molar-refractivity contribution in [2.75, 3.05) is 34.5 Å². The minimum Gasteiger partial charge on any atom is -0.493 e. The highest BCUT2D eigenvalue weighted by Crippen LogP contribution is 2.39. The van der Waals surface area contributed by atoms with Crippen molar-refractivity contribution in [3.8, 4) is 17.2 Å². The molecule has 1 heterocycles. The lowest BCUT2D eigenvalue weighted by Gasteiger charge is -2.15. The third kappa shape index (κ3) is 2.86. The Balaban J connectivity index is 2.11. The highest BCUT2D eigenvalue weighted by molar-refractivity contribution is 5.55. The Labute approximate surface area is 107 Å². The highest BCUT2D eigenvalue weighted by atomic mass is 16.6. The maximum atomic E-state index is 5.56. The lowest BCUT2D eigenvalue weighted by molar-refractivity contribution is 0.102. The molecule has 1 aliphatic heterocycles. The number of benzene rings is 1. The van der Waals surface area contributed by atoms with Gasteiger partial charge in [-0.15, -0.1) is 0 Å². The summed E-state index contributed by atoms with van der Waals surface area (Å²) in [6.45, 7) is 1.87. The average Bonchev–Trinajstić information content (AvgIpc) is 3.21. The first-order chi connectivity index (χ1) is 8.80. The van der Waals surface area contributed by atoms with Gasteiger partial charge >= 0.3 is 0 Å². The van der Waals surface area contributed by atoms with Gasteiger partial charge in [-0.05, 0) is 12.1 Å². The second kappa shape index (κ2) is 5.93. The Hall–Kier alpha value is -1.46. The molecule has 18 heavy (non-hydrogen) atoms. The molecule has 1 fully saturated rings. The Morgan fingerprint density at radius 2 is 1.83 bits per heavy atom. The molecule has 5 nitrogen and oxygen atoms in total. The van der Waals surface area contributed by atoms with Crippen LogP contribution in [0.1, 0.15) is 5.56 Å². The zero-order valence-electron chi connectivity index (χ0n) is 10.9. The number of hydrogen-bond donors (Lipinski definition) is 0. The van der Waals surface area contributed by atoms with E-state index in [1.807, 2.05) is 12.1 Å². The van der Waals surface area contributed by atoms with Gasteiger partial charge in [0.2, 0.25) is 5.75 Å². The second-order valence-corrected chi connectivity index (χ2v) is 3.96. The van der Waals surface area contributed by atoms with Gasteiger partial charge in [0.15, 0.2) is 11.5 Å². The lowest BCUT2D eigenvalue weighted by Crippen LogP contribution is -2.04. The van der Waals surface area contributed by atoms with Gasteiger partial charge in [-0.3, -0.25) is 0 Å². The van der Waals surface area contributed by atoms with E-state index >= 15 is 0 Å². The molecule has 0 saturated carbocycles. The summed E-state index contributed by atoms with van der Waals surface area (Å²) in [5.74, 6) is 1.88. The summed E-state index contributed by atoms with van der Waals surface area (Å²) in [7, 11) is 4.78. The van der Waals surface area contributed by atoms with Crippen molar-refractivity contribution in [3.05, 3.63) is 17.7 Å². The quantitative estimate of drug-likeness (QED) is 0.692. The van der Waals surface area contributed by atoms with Gasteiger partial charge in [0.25, 0.3) is 0 Å². The van der Waals surface area contributed by atoms with E-state index in [9.17, 15) is 0 Å². The summed E-state index contributed by atoms with van der Waals surface area (Å²) in [5, 5.41) is 0. The molecule has 0 amide bonds. The molecule has 0 bridgehead atoms. The normalized spacial score (nSPS) is 17.4. The first-order valence-corrected chi connectivity index (χ1v) is 5.77. The van der Waals surface area contributed by atoms with Gasteiger partial charge in [0.05, 0.1) is 41.2 Å². The molecule has 0 N–H and O–H groups in total. The van der Waals surface area contributed by atoms with E-state index in [-0.39, 0.29) is 6.10 Å². The summed E-state index contributed by atoms with van der Waals surface area (Å²) in [4.78, 5) is 0. The van der Waals surface area contributed by atoms with Crippen LogP contribution in [-0.4, -0.2) is 40.6 Å². The highest BCUT2D eigenvalue weighted by Gasteiger charge is 2.23. The van der Waals surface area contributed by atoms with Gasteiger partial charge in [-0.1, -0.05) is 0 Å². The summed E-state index contributed by atoms with van der Waals surface area (Å²) in [6, 6.07) is 3.75. The number of methoxy groups -OCH3 is 3. The molecule has 0 spiro atoms. The third-order valence-electron chi connectivity index (χ3n) is 2.75.